The van der Waals surface area contributed by atoms with Gasteiger partial charge in [0.2, 0.25) is 0 Å². The van der Waals surface area contributed by atoms with E-state index in [9.17, 15) is 5.11 Å². The van der Waals surface area contributed by atoms with Gasteiger partial charge in [-0.25, -0.2) is 0 Å². The zero-order valence-electron chi connectivity index (χ0n) is 10.7. The van der Waals surface area contributed by atoms with Gasteiger partial charge in [0.1, 0.15) is 0 Å². The maximum Gasteiger partial charge on any atom is 0.0586 e. The number of unbranched alkanes of at least 4 members (excludes halogenated alkanes) is 4. The van der Waals surface area contributed by atoms with Crippen molar-refractivity contribution in [2.75, 3.05) is 32.8 Å². The van der Waals surface area contributed by atoms with Crippen LogP contribution in [-0.2, 0) is 0 Å². The van der Waals surface area contributed by atoms with E-state index in [4.69, 9.17) is 0 Å². The molecule has 1 atom stereocenters. The van der Waals surface area contributed by atoms with Crippen molar-refractivity contribution in [3.8, 4) is 0 Å². The number of nitrogens with one attached hydrogen (secondary N) is 1. The van der Waals surface area contributed by atoms with Gasteiger partial charge in [0.25, 0.3) is 0 Å². The second kappa shape index (κ2) is 8.97. The normalized spacial score (nSPS) is 19.9. The smallest absolute Gasteiger partial charge is 0.0586 e. The van der Waals surface area contributed by atoms with Crippen LogP contribution in [0.4, 0.5) is 0 Å². The Hall–Kier alpha value is -0.120. The van der Waals surface area contributed by atoms with Crippen molar-refractivity contribution >= 4 is 0 Å². The minimum atomic E-state index is 0.327. The molecule has 1 rings (SSSR count). The molecule has 3 nitrogen and oxygen atoms in total. The van der Waals surface area contributed by atoms with Crippen molar-refractivity contribution in [3.05, 3.63) is 0 Å². The average Bonchev–Trinajstić information content (AvgIpc) is 2.35. The third kappa shape index (κ3) is 5.28. The lowest BCUT2D eigenvalue weighted by Crippen LogP contribution is -2.49. The Balaban J connectivity index is 2.10. The van der Waals surface area contributed by atoms with E-state index in [1.54, 1.807) is 0 Å². The average molecular weight is 228 g/mol. The Kier molecular flexibility index (Phi) is 7.81. The molecule has 0 saturated carbocycles. The fraction of sp³-hybridized carbons (Fsp3) is 1.00. The second-order valence-electron chi connectivity index (χ2n) is 4.83. The first-order chi connectivity index (χ1) is 7.88. The van der Waals surface area contributed by atoms with Crippen LogP contribution < -0.4 is 5.32 Å². The number of aliphatic hydroxyl groups is 1. The number of hydrogen-bond acceptors (Lipinski definition) is 3. The molecule has 1 fully saturated rings. The summed E-state index contributed by atoms with van der Waals surface area (Å²) in [5.41, 5.74) is 0. The van der Waals surface area contributed by atoms with Gasteiger partial charge in [0.15, 0.2) is 0 Å². The van der Waals surface area contributed by atoms with E-state index in [0.29, 0.717) is 12.6 Å². The molecule has 2 N–H and O–H groups in total. The highest BCUT2D eigenvalue weighted by molar-refractivity contribution is 4.76. The molecule has 0 amide bonds. The van der Waals surface area contributed by atoms with Gasteiger partial charge in [-0.3, -0.25) is 4.90 Å². The largest absolute Gasteiger partial charge is 0.395 e. The summed E-state index contributed by atoms with van der Waals surface area (Å²) in [4.78, 5) is 2.44. The van der Waals surface area contributed by atoms with Gasteiger partial charge in [0, 0.05) is 32.2 Å². The van der Waals surface area contributed by atoms with Crippen LogP contribution in [0.25, 0.3) is 0 Å². The van der Waals surface area contributed by atoms with E-state index in [0.717, 1.165) is 26.2 Å². The zero-order valence-corrected chi connectivity index (χ0v) is 10.7. The Morgan fingerprint density at radius 2 is 1.81 bits per heavy atom. The predicted molar refractivity (Wildman–Crippen MR) is 68.7 cm³/mol. The molecule has 0 aromatic carbocycles. The minimum absolute atomic E-state index is 0.327. The lowest BCUT2D eigenvalue weighted by atomic mass is 10.1. The van der Waals surface area contributed by atoms with Gasteiger partial charge in [-0.05, 0) is 6.42 Å². The van der Waals surface area contributed by atoms with Gasteiger partial charge in [0.05, 0.1) is 6.61 Å². The van der Waals surface area contributed by atoms with Crippen LogP contribution >= 0.6 is 0 Å². The maximum absolute atomic E-state index is 9.42. The van der Waals surface area contributed by atoms with E-state index >= 15 is 0 Å². The molecule has 1 aliphatic heterocycles. The predicted octanol–water partition coefficient (Wildman–Crippen LogP) is 1.61. The van der Waals surface area contributed by atoms with Crippen LogP contribution in [0.3, 0.4) is 0 Å². The summed E-state index contributed by atoms with van der Waals surface area (Å²) in [6, 6.07) is 0.406. The number of aliphatic hydroxyl groups excluding tert-OH is 1. The first kappa shape index (κ1) is 13.9. The van der Waals surface area contributed by atoms with Crippen molar-refractivity contribution in [3.63, 3.8) is 0 Å². The summed E-state index contributed by atoms with van der Waals surface area (Å²) < 4.78 is 0. The molecule has 3 heteroatoms. The summed E-state index contributed by atoms with van der Waals surface area (Å²) in [7, 11) is 0. The fourth-order valence-corrected chi connectivity index (χ4v) is 2.42. The standard InChI is InChI=1S/C13H28N2O/c1-2-3-4-5-6-7-13(12-16)15-10-8-14-9-11-15/h13-14,16H,2-12H2,1H3. The molecule has 1 heterocycles. The molecule has 0 radical (unpaired) electrons. The molecule has 1 unspecified atom stereocenters. The summed E-state index contributed by atoms with van der Waals surface area (Å²) in [6.45, 7) is 6.92. The highest BCUT2D eigenvalue weighted by Crippen LogP contribution is 2.12. The molecule has 96 valence electrons. The number of rotatable bonds is 8. The van der Waals surface area contributed by atoms with Gasteiger partial charge in [-0.1, -0.05) is 39.0 Å². The molecule has 0 aromatic rings. The summed E-state index contributed by atoms with van der Waals surface area (Å²) in [6.07, 6.45) is 7.79. The molecule has 0 aromatic heterocycles. The first-order valence-corrected chi connectivity index (χ1v) is 6.94. The van der Waals surface area contributed by atoms with Gasteiger partial charge < -0.3 is 10.4 Å². The lowest BCUT2D eigenvalue weighted by Gasteiger charge is -2.34. The molecule has 0 spiro atoms. The van der Waals surface area contributed by atoms with Gasteiger partial charge in [-0.2, -0.15) is 0 Å². The third-order valence-corrected chi connectivity index (χ3v) is 3.52. The van der Waals surface area contributed by atoms with Crippen LogP contribution in [-0.4, -0.2) is 48.8 Å². The van der Waals surface area contributed by atoms with Crippen LogP contribution in [0, 0.1) is 0 Å². The Labute approximate surface area is 100 Å². The SMILES string of the molecule is CCCCCCCC(CO)N1CCNCC1. The highest BCUT2D eigenvalue weighted by atomic mass is 16.3. The maximum atomic E-state index is 9.42. The van der Waals surface area contributed by atoms with Gasteiger partial charge in [-0.15, -0.1) is 0 Å². The van der Waals surface area contributed by atoms with Crippen molar-refractivity contribution < 1.29 is 5.11 Å². The number of nitrogens with zero attached hydrogens (tertiary/aromatic N) is 1. The van der Waals surface area contributed by atoms with E-state index in [2.05, 4.69) is 17.1 Å². The Morgan fingerprint density at radius 1 is 1.12 bits per heavy atom. The minimum Gasteiger partial charge on any atom is -0.395 e. The monoisotopic (exact) mass is 228 g/mol. The van der Waals surface area contributed by atoms with Crippen molar-refractivity contribution in [2.24, 2.45) is 0 Å². The zero-order chi connectivity index (χ0) is 11.6. The van der Waals surface area contributed by atoms with Crippen molar-refractivity contribution in [2.45, 2.75) is 51.5 Å². The summed E-state index contributed by atoms with van der Waals surface area (Å²) >= 11 is 0. The Morgan fingerprint density at radius 3 is 2.44 bits per heavy atom. The van der Waals surface area contributed by atoms with E-state index in [-0.39, 0.29) is 0 Å². The third-order valence-electron chi connectivity index (χ3n) is 3.52. The molecule has 0 bridgehead atoms. The van der Waals surface area contributed by atoms with Gasteiger partial charge >= 0.3 is 0 Å². The van der Waals surface area contributed by atoms with Crippen LogP contribution in [0.5, 0.6) is 0 Å². The highest BCUT2D eigenvalue weighted by Gasteiger charge is 2.18. The second-order valence-corrected chi connectivity index (χ2v) is 4.83. The topological polar surface area (TPSA) is 35.5 Å². The molecular formula is C13H28N2O. The van der Waals surface area contributed by atoms with E-state index < -0.39 is 0 Å². The van der Waals surface area contributed by atoms with Crippen LogP contribution in [0.15, 0.2) is 0 Å². The van der Waals surface area contributed by atoms with E-state index in [1.807, 2.05) is 0 Å². The molecular weight excluding hydrogens is 200 g/mol. The number of piperazine rings is 1. The quantitative estimate of drug-likeness (QED) is 0.620. The number of hydrogen-bond donors (Lipinski definition) is 2. The van der Waals surface area contributed by atoms with Crippen LogP contribution in [0.2, 0.25) is 0 Å². The molecule has 0 aliphatic carbocycles. The van der Waals surface area contributed by atoms with Crippen LogP contribution in [0.1, 0.15) is 45.4 Å². The summed E-state index contributed by atoms with van der Waals surface area (Å²) in [5.74, 6) is 0. The summed E-state index contributed by atoms with van der Waals surface area (Å²) in [5, 5.41) is 12.8. The van der Waals surface area contributed by atoms with E-state index in [1.165, 1.54) is 38.5 Å². The van der Waals surface area contributed by atoms with Crippen molar-refractivity contribution in [1.82, 2.24) is 10.2 Å². The molecule has 1 aliphatic rings. The molecule has 16 heavy (non-hydrogen) atoms. The lowest BCUT2D eigenvalue weighted by molar-refractivity contribution is 0.102. The molecule has 1 saturated heterocycles. The first-order valence-electron chi connectivity index (χ1n) is 6.94. The Bertz CT molecular complexity index is 158. The fourth-order valence-electron chi connectivity index (χ4n) is 2.42. The van der Waals surface area contributed by atoms with Crippen molar-refractivity contribution in [1.29, 1.82) is 0 Å².